The Morgan fingerprint density at radius 3 is 2.38 bits per heavy atom. The number of carbonyl (C=O) groups is 1. The summed E-state index contributed by atoms with van der Waals surface area (Å²) in [5, 5.41) is -1.05. The Morgan fingerprint density at radius 2 is 1.79 bits per heavy atom. The minimum absolute atomic E-state index is 0.0781. The Hall–Kier alpha value is -2.95. The molecule has 0 saturated heterocycles. The lowest BCUT2D eigenvalue weighted by atomic mass is 10.1. The van der Waals surface area contributed by atoms with Crippen LogP contribution in [0, 0.1) is 6.92 Å². The van der Waals surface area contributed by atoms with Crippen molar-refractivity contribution in [3.63, 3.8) is 0 Å². The number of rotatable bonds is 5. The summed E-state index contributed by atoms with van der Waals surface area (Å²) in [5.41, 5.74) is -0.380. The Kier molecular flexibility index (Phi) is 5.11. The van der Waals surface area contributed by atoms with E-state index >= 15 is 0 Å². The quantitative estimate of drug-likeness (QED) is 0.458. The van der Waals surface area contributed by atoms with Gasteiger partial charge >= 0.3 is 12.7 Å². The standard InChI is InChI=1S/C17H10ClF5O6/c1-7-13(15(18)24)11(6-12-14(7)29-17(22,23)28-12)26-9-4-3-8(5-10(9)25-2)27-16(19,20)21/h3-6H,1-2H3. The van der Waals surface area contributed by atoms with Crippen LogP contribution in [0.2, 0.25) is 0 Å². The minimum atomic E-state index is -4.93. The van der Waals surface area contributed by atoms with Gasteiger partial charge in [0.2, 0.25) is 0 Å². The fourth-order valence-electron chi connectivity index (χ4n) is 2.58. The number of ether oxygens (including phenoxy) is 5. The Morgan fingerprint density at radius 1 is 1.10 bits per heavy atom. The first-order chi connectivity index (χ1) is 13.4. The molecular weight excluding hydrogens is 431 g/mol. The van der Waals surface area contributed by atoms with Gasteiger partial charge in [-0.25, -0.2) is 0 Å². The van der Waals surface area contributed by atoms with E-state index in [2.05, 4.69) is 14.2 Å². The summed E-state index contributed by atoms with van der Waals surface area (Å²) in [6.07, 6.45) is -8.88. The second-order valence-corrected chi connectivity index (χ2v) is 5.95. The third-order valence-corrected chi connectivity index (χ3v) is 3.87. The molecule has 1 aliphatic heterocycles. The molecule has 0 bridgehead atoms. The summed E-state index contributed by atoms with van der Waals surface area (Å²) in [4.78, 5) is 11.8. The van der Waals surface area contributed by atoms with Gasteiger partial charge in [-0.1, -0.05) is 0 Å². The van der Waals surface area contributed by atoms with Crippen LogP contribution in [0.15, 0.2) is 24.3 Å². The van der Waals surface area contributed by atoms with Crippen LogP contribution in [0.25, 0.3) is 0 Å². The molecule has 1 heterocycles. The van der Waals surface area contributed by atoms with Crippen molar-refractivity contribution in [2.45, 2.75) is 19.6 Å². The summed E-state index contributed by atoms with van der Waals surface area (Å²) in [7, 11) is 1.15. The van der Waals surface area contributed by atoms with Crippen molar-refractivity contribution in [2.75, 3.05) is 7.11 Å². The van der Waals surface area contributed by atoms with Crippen molar-refractivity contribution in [2.24, 2.45) is 0 Å². The van der Waals surface area contributed by atoms with Gasteiger partial charge < -0.3 is 23.7 Å². The molecule has 0 aromatic heterocycles. The van der Waals surface area contributed by atoms with Gasteiger partial charge in [0, 0.05) is 17.7 Å². The highest BCUT2D eigenvalue weighted by molar-refractivity contribution is 6.68. The molecule has 2 aromatic rings. The van der Waals surface area contributed by atoms with Crippen LogP contribution in [0.5, 0.6) is 34.5 Å². The number of hydrogen-bond acceptors (Lipinski definition) is 6. The number of alkyl halides is 5. The van der Waals surface area contributed by atoms with Crippen LogP contribution < -0.4 is 23.7 Å². The van der Waals surface area contributed by atoms with Crippen molar-refractivity contribution in [3.05, 3.63) is 35.4 Å². The van der Waals surface area contributed by atoms with E-state index < -0.39 is 35.1 Å². The van der Waals surface area contributed by atoms with Crippen LogP contribution in [-0.4, -0.2) is 25.0 Å². The molecule has 0 aliphatic carbocycles. The van der Waals surface area contributed by atoms with E-state index in [1.165, 1.54) is 6.92 Å². The zero-order valence-electron chi connectivity index (χ0n) is 14.5. The third kappa shape index (κ3) is 4.39. The van der Waals surface area contributed by atoms with Gasteiger partial charge in [0.1, 0.15) is 11.5 Å². The number of halogens is 6. The molecule has 156 valence electrons. The molecule has 0 unspecified atom stereocenters. The smallest absolute Gasteiger partial charge is 0.493 e. The minimum Gasteiger partial charge on any atom is -0.493 e. The third-order valence-electron chi connectivity index (χ3n) is 3.68. The van der Waals surface area contributed by atoms with Crippen LogP contribution in [-0.2, 0) is 0 Å². The molecule has 2 aromatic carbocycles. The first-order valence-electron chi connectivity index (χ1n) is 7.65. The number of carbonyl (C=O) groups excluding carboxylic acids is 1. The SMILES string of the molecule is COc1cc(OC(F)(F)F)ccc1Oc1cc2c(c(C)c1C(=O)Cl)OC(F)(F)O2. The maximum atomic E-state index is 13.4. The lowest BCUT2D eigenvalue weighted by molar-refractivity contribution is -0.287. The van der Waals surface area contributed by atoms with Gasteiger partial charge in [0.05, 0.1) is 12.7 Å². The van der Waals surface area contributed by atoms with E-state index in [9.17, 15) is 26.7 Å². The molecule has 0 saturated carbocycles. The molecule has 0 amide bonds. The molecule has 1 aliphatic rings. The topological polar surface area (TPSA) is 63.2 Å². The van der Waals surface area contributed by atoms with Gasteiger partial charge in [-0.3, -0.25) is 4.79 Å². The van der Waals surface area contributed by atoms with Crippen LogP contribution in [0.4, 0.5) is 22.0 Å². The molecule has 29 heavy (non-hydrogen) atoms. The monoisotopic (exact) mass is 440 g/mol. The van der Waals surface area contributed by atoms with Gasteiger partial charge in [-0.05, 0) is 30.7 Å². The Labute approximate surface area is 164 Å². The highest BCUT2D eigenvalue weighted by atomic mass is 35.5. The van der Waals surface area contributed by atoms with Gasteiger partial charge in [-0.15, -0.1) is 22.0 Å². The van der Waals surface area contributed by atoms with E-state index in [0.717, 1.165) is 31.4 Å². The number of fused-ring (bicyclic) bond motifs is 1. The highest BCUT2D eigenvalue weighted by Crippen LogP contribution is 2.49. The molecule has 12 heteroatoms. The van der Waals surface area contributed by atoms with Crippen LogP contribution in [0.3, 0.4) is 0 Å². The number of hydrogen-bond donors (Lipinski definition) is 0. The lowest BCUT2D eigenvalue weighted by Gasteiger charge is -2.16. The van der Waals surface area contributed by atoms with E-state index in [0.29, 0.717) is 0 Å². The van der Waals surface area contributed by atoms with Gasteiger partial charge in [-0.2, -0.15) is 0 Å². The largest absolute Gasteiger partial charge is 0.586 e. The van der Waals surface area contributed by atoms with Crippen molar-refractivity contribution in [1.82, 2.24) is 0 Å². The van der Waals surface area contributed by atoms with Crippen molar-refractivity contribution >= 4 is 16.8 Å². The number of benzene rings is 2. The summed E-state index contributed by atoms with van der Waals surface area (Å²) in [5.74, 6) is -2.04. The second-order valence-electron chi connectivity index (χ2n) is 5.61. The predicted molar refractivity (Wildman–Crippen MR) is 87.3 cm³/mol. The van der Waals surface area contributed by atoms with Crippen molar-refractivity contribution in [1.29, 1.82) is 0 Å². The first kappa shape index (κ1) is 20.8. The maximum absolute atomic E-state index is 13.4. The molecule has 0 spiro atoms. The summed E-state index contributed by atoms with van der Waals surface area (Å²) in [6.45, 7) is 1.28. The summed E-state index contributed by atoms with van der Waals surface area (Å²) in [6, 6.07) is 3.83. The zero-order chi connectivity index (χ0) is 21.6. The number of methoxy groups -OCH3 is 1. The summed E-state index contributed by atoms with van der Waals surface area (Å²) < 4.78 is 86.8. The summed E-state index contributed by atoms with van der Waals surface area (Å²) >= 11 is 5.55. The molecule has 0 fully saturated rings. The van der Waals surface area contributed by atoms with Crippen LogP contribution in [0.1, 0.15) is 15.9 Å². The maximum Gasteiger partial charge on any atom is 0.586 e. The fourth-order valence-corrected chi connectivity index (χ4v) is 2.82. The average Bonchev–Trinajstić information content (AvgIpc) is 2.89. The lowest BCUT2D eigenvalue weighted by Crippen LogP contribution is -2.26. The normalized spacial score (nSPS) is 14.5. The van der Waals surface area contributed by atoms with E-state index in [4.69, 9.17) is 21.1 Å². The average molecular weight is 441 g/mol. The van der Waals surface area contributed by atoms with Gasteiger partial charge in [0.15, 0.2) is 23.0 Å². The molecular formula is C17H10ClF5O6. The molecule has 0 radical (unpaired) electrons. The Bertz CT molecular complexity index is 976. The molecule has 6 nitrogen and oxygen atoms in total. The van der Waals surface area contributed by atoms with Crippen molar-refractivity contribution in [3.8, 4) is 34.5 Å². The zero-order valence-corrected chi connectivity index (χ0v) is 15.3. The second kappa shape index (κ2) is 7.14. The van der Waals surface area contributed by atoms with E-state index in [1.54, 1.807) is 0 Å². The van der Waals surface area contributed by atoms with E-state index in [1.807, 2.05) is 0 Å². The van der Waals surface area contributed by atoms with Gasteiger partial charge in [0.25, 0.3) is 5.24 Å². The molecule has 0 atom stereocenters. The van der Waals surface area contributed by atoms with Crippen LogP contribution >= 0.6 is 11.6 Å². The molecule has 0 N–H and O–H groups in total. The van der Waals surface area contributed by atoms with E-state index in [-0.39, 0.29) is 28.4 Å². The molecule has 3 rings (SSSR count). The Balaban J connectivity index is 2.02. The fraction of sp³-hybridized carbons (Fsp3) is 0.235. The first-order valence-corrected chi connectivity index (χ1v) is 8.03. The predicted octanol–water partition coefficient (Wildman–Crippen LogP) is 5.40. The highest BCUT2D eigenvalue weighted by Gasteiger charge is 2.45. The van der Waals surface area contributed by atoms with Crippen molar-refractivity contribution < 1.29 is 50.4 Å².